The Kier molecular flexibility index (Phi) is 4.92. The zero-order valence-corrected chi connectivity index (χ0v) is 14.6. The maximum absolute atomic E-state index is 12.1. The van der Waals surface area contributed by atoms with Crippen molar-refractivity contribution in [1.29, 1.82) is 0 Å². The third kappa shape index (κ3) is 4.05. The first-order chi connectivity index (χ1) is 10.2. The predicted molar refractivity (Wildman–Crippen MR) is 95.9 cm³/mol. The lowest BCUT2D eigenvalue weighted by atomic mass is 10.2. The minimum absolute atomic E-state index is 0.0403. The molecule has 0 saturated carbocycles. The molecule has 0 bridgehead atoms. The summed E-state index contributed by atoms with van der Waals surface area (Å²) in [5.74, 6) is -0.0403. The van der Waals surface area contributed by atoms with Crippen molar-refractivity contribution >= 4 is 45.5 Å². The van der Waals surface area contributed by atoms with E-state index in [1.54, 1.807) is 11.3 Å². The van der Waals surface area contributed by atoms with E-state index in [0.29, 0.717) is 0 Å². The second-order valence-electron chi connectivity index (χ2n) is 5.27. The molecule has 21 heavy (non-hydrogen) atoms. The summed E-state index contributed by atoms with van der Waals surface area (Å²) in [6.07, 6.45) is 2.63. The van der Waals surface area contributed by atoms with E-state index in [1.807, 2.05) is 23.6 Å². The number of nitrogens with one attached hydrogen (secondary N) is 1. The van der Waals surface area contributed by atoms with E-state index in [4.69, 9.17) is 0 Å². The van der Waals surface area contributed by atoms with Gasteiger partial charge in [0, 0.05) is 17.6 Å². The van der Waals surface area contributed by atoms with Gasteiger partial charge >= 0.3 is 0 Å². The van der Waals surface area contributed by atoms with Crippen LogP contribution in [0, 0.1) is 2.88 Å². The molecule has 5 heteroatoms. The van der Waals surface area contributed by atoms with Crippen molar-refractivity contribution < 1.29 is 4.79 Å². The number of hydrogen-bond donors (Lipinski definition) is 1. The highest BCUT2D eigenvalue weighted by Gasteiger charge is 2.12. The van der Waals surface area contributed by atoms with Crippen LogP contribution in [0.4, 0.5) is 5.69 Å². The normalized spacial score (nSPS) is 15.3. The predicted octanol–water partition coefficient (Wildman–Crippen LogP) is 4.20. The molecule has 1 aliphatic rings. The summed E-state index contributed by atoms with van der Waals surface area (Å²) in [6.45, 7) is 3.42. The van der Waals surface area contributed by atoms with Gasteiger partial charge < -0.3 is 5.32 Å². The van der Waals surface area contributed by atoms with Gasteiger partial charge in [0.05, 0.1) is 8.45 Å². The molecule has 1 N–H and O–H groups in total. The van der Waals surface area contributed by atoms with E-state index < -0.39 is 0 Å². The van der Waals surface area contributed by atoms with Crippen LogP contribution < -0.4 is 5.32 Å². The number of carbonyl (C=O) groups is 1. The zero-order chi connectivity index (χ0) is 14.7. The average Bonchev–Trinajstić information content (AvgIpc) is 3.12. The maximum atomic E-state index is 12.1. The molecule has 1 aliphatic heterocycles. The van der Waals surface area contributed by atoms with E-state index in [2.05, 4.69) is 44.9 Å². The van der Waals surface area contributed by atoms with Gasteiger partial charge in [-0.15, -0.1) is 11.3 Å². The number of likely N-dealkylation sites (tertiary alicyclic amines) is 1. The Hall–Kier alpha value is -0.920. The molecule has 0 atom stereocenters. The van der Waals surface area contributed by atoms with Crippen molar-refractivity contribution in [3.05, 3.63) is 49.7 Å². The zero-order valence-electron chi connectivity index (χ0n) is 11.6. The molecular weight excluding hydrogens is 395 g/mol. The number of thiophene rings is 1. The van der Waals surface area contributed by atoms with Crippen molar-refractivity contribution in [2.45, 2.75) is 19.4 Å². The van der Waals surface area contributed by atoms with E-state index in [-0.39, 0.29) is 5.91 Å². The Morgan fingerprint density at radius 1 is 1.24 bits per heavy atom. The Bertz CT molecular complexity index is 617. The Labute approximate surface area is 142 Å². The van der Waals surface area contributed by atoms with Crippen LogP contribution >= 0.6 is 33.9 Å². The number of amides is 1. The van der Waals surface area contributed by atoms with Gasteiger partial charge in [0.2, 0.25) is 0 Å². The van der Waals surface area contributed by atoms with Crippen LogP contribution in [0.1, 0.15) is 28.8 Å². The SMILES string of the molecule is O=C(Nc1ccc(CN2CCCC2)cc1)c1csc(I)c1. The van der Waals surface area contributed by atoms with Gasteiger partial charge in [-0.3, -0.25) is 9.69 Å². The van der Waals surface area contributed by atoms with Gasteiger partial charge in [-0.2, -0.15) is 0 Å². The molecule has 3 rings (SSSR count). The number of hydrogen-bond acceptors (Lipinski definition) is 3. The summed E-state index contributed by atoms with van der Waals surface area (Å²) < 4.78 is 1.12. The van der Waals surface area contributed by atoms with Crippen molar-refractivity contribution in [3.8, 4) is 0 Å². The number of anilines is 1. The minimum atomic E-state index is -0.0403. The van der Waals surface area contributed by atoms with Crippen LogP contribution in [0.25, 0.3) is 0 Å². The topological polar surface area (TPSA) is 32.3 Å². The van der Waals surface area contributed by atoms with Gasteiger partial charge in [0.1, 0.15) is 0 Å². The summed E-state index contributed by atoms with van der Waals surface area (Å²) in [6, 6.07) is 10.1. The number of halogens is 1. The van der Waals surface area contributed by atoms with Gasteiger partial charge in [-0.05, 0) is 72.3 Å². The van der Waals surface area contributed by atoms with Gasteiger partial charge in [0.25, 0.3) is 5.91 Å². The molecular formula is C16H17IN2OS. The summed E-state index contributed by atoms with van der Waals surface area (Å²) in [5, 5.41) is 4.83. The fourth-order valence-electron chi connectivity index (χ4n) is 2.52. The lowest BCUT2D eigenvalue weighted by molar-refractivity contribution is 0.102. The number of nitrogens with zero attached hydrogens (tertiary/aromatic N) is 1. The second kappa shape index (κ2) is 6.89. The van der Waals surface area contributed by atoms with Crippen molar-refractivity contribution in [3.63, 3.8) is 0 Å². The lowest BCUT2D eigenvalue weighted by Gasteiger charge is -2.14. The molecule has 0 spiro atoms. The standard InChI is InChI=1S/C16H17IN2OS/c17-15-9-13(11-21-15)16(20)18-14-5-3-12(4-6-14)10-19-7-1-2-8-19/h3-6,9,11H,1-2,7-8,10H2,(H,18,20). The molecule has 1 fully saturated rings. The van der Waals surface area contributed by atoms with Crippen LogP contribution in [0.5, 0.6) is 0 Å². The van der Waals surface area contributed by atoms with E-state index in [0.717, 1.165) is 20.7 Å². The number of rotatable bonds is 4. The van der Waals surface area contributed by atoms with Crippen molar-refractivity contribution in [2.24, 2.45) is 0 Å². The summed E-state index contributed by atoms with van der Waals surface area (Å²) in [7, 11) is 0. The largest absolute Gasteiger partial charge is 0.322 e. The van der Waals surface area contributed by atoms with Crippen molar-refractivity contribution in [1.82, 2.24) is 4.90 Å². The fraction of sp³-hybridized carbons (Fsp3) is 0.312. The summed E-state index contributed by atoms with van der Waals surface area (Å²) >= 11 is 3.81. The Balaban J connectivity index is 1.60. The van der Waals surface area contributed by atoms with Gasteiger partial charge in [0.15, 0.2) is 0 Å². The molecule has 1 aromatic heterocycles. The first-order valence-corrected chi connectivity index (χ1v) is 9.03. The smallest absolute Gasteiger partial charge is 0.256 e. The lowest BCUT2D eigenvalue weighted by Crippen LogP contribution is -2.18. The van der Waals surface area contributed by atoms with Crippen molar-refractivity contribution in [2.75, 3.05) is 18.4 Å². The molecule has 1 amide bonds. The van der Waals surface area contributed by atoms with E-state index in [1.165, 1.54) is 31.5 Å². The van der Waals surface area contributed by atoms with Crippen LogP contribution in [-0.4, -0.2) is 23.9 Å². The molecule has 3 nitrogen and oxygen atoms in total. The molecule has 0 aliphatic carbocycles. The first-order valence-electron chi connectivity index (χ1n) is 7.07. The first kappa shape index (κ1) is 15.0. The quantitative estimate of drug-likeness (QED) is 0.764. The molecule has 1 aromatic carbocycles. The number of benzene rings is 1. The third-order valence-electron chi connectivity index (χ3n) is 3.65. The van der Waals surface area contributed by atoms with E-state index >= 15 is 0 Å². The Morgan fingerprint density at radius 3 is 2.57 bits per heavy atom. The van der Waals surface area contributed by atoms with Crippen LogP contribution in [0.2, 0.25) is 0 Å². The summed E-state index contributed by atoms with van der Waals surface area (Å²) in [5.41, 5.74) is 2.89. The van der Waals surface area contributed by atoms with Gasteiger partial charge in [-0.25, -0.2) is 0 Å². The van der Waals surface area contributed by atoms with Crippen LogP contribution in [-0.2, 0) is 6.54 Å². The minimum Gasteiger partial charge on any atom is -0.322 e. The van der Waals surface area contributed by atoms with Gasteiger partial charge in [-0.1, -0.05) is 12.1 Å². The molecule has 2 heterocycles. The summed E-state index contributed by atoms with van der Waals surface area (Å²) in [4.78, 5) is 14.5. The molecule has 0 radical (unpaired) electrons. The van der Waals surface area contributed by atoms with E-state index in [9.17, 15) is 4.79 Å². The molecule has 1 saturated heterocycles. The molecule has 0 unspecified atom stereocenters. The number of carbonyl (C=O) groups excluding carboxylic acids is 1. The molecule has 2 aromatic rings. The molecule has 110 valence electrons. The highest BCUT2D eigenvalue weighted by atomic mass is 127. The maximum Gasteiger partial charge on any atom is 0.256 e. The van der Waals surface area contributed by atoms with Crippen LogP contribution in [0.3, 0.4) is 0 Å². The fourth-order valence-corrected chi connectivity index (χ4v) is 3.85. The van der Waals surface area contributed by atoms with Crippen LogP contribution in [0.15, 0.2) is 35.7 Å². The highest BCUT2D eigenvalue weighted by Crippen LogP contribution is 2.19. The monoisotopic (exact) mass is 412 g/mol. The average molecular weight is 412 g/mol. The highest BCUT2D eigenvalue weighted by molar-refractivity contribution is 14.1. The third-order valence-corrected chi connectivity index (χ3v) is 5.44. The Morgan fingerprint density at radius 2 is 1.95 bits per heavy atom. The second-order valence-corrected chi connectivity index (χ2v) is 8.08.